The number of esters is 4. The molecule has 5 atom stereocenters. The van der Waals surface area contributed by atoms with Crippen LogP contribution in [0, 0.1) is 5.92 Å². The predicted molar refractivity (Wildman–Crippen MR) is 414 cm³/mol. The van der Waals surface area contributed by atoms with E-state index in [1.807, 2.05) is 0 Å². The number of phosphoric acid groups is 2. The molecule has 2 unspecified atom stereocenters. The molecule has 0 fully saturated rings. The molecule has 600 valence electrons. The van der Waals surface area contributed by atoms with Gasteiger partial charge in [-0.05, 0) is 31.6 Å². The summed E-state index contributed by atoms with van der Waals surface area (Å²) in [6, 6.07) is 0. The summed E-state index contributed by atoms with van der Waals surface area (Å²) in [7, 11) is -9.92. The van der Waals surface area contributed by atoms with Crippen molar-refractivity contribution in [3.63, 3.8) is 0 Å². The van der Waals surface area contributed by atoms with Crippen molar-refractivity contribution < 1.29 is 80.2 Å². The average Bonchev–Trinajstić information content (AvgIpc) is 0.926. The smallest absolute Gasteiger partial charge is 0.462 e. The van der Waals surface area contributed by atoms with E-state index in [-0.39, 0.29) is 25.7 Å². The minimum absolute atomic E-state index is 0.108. The van der Waals surface area contributed by atoms with Crippen LogP contribution in [0.2, 0.25) is 0 Å². The topological polar surface area (TPSA) is 237 Å². The maximum absolute atomic E-state index is 13.1. The Morgan fingerprint density at radius 3 is 0.673 bits per heavy atom. The van der Waals surface area contributed by atoms with Crippen molar-refractivity contribution in [1.82, 2.24) is 0 Å². The molecule has 0 aromatic heterocycles. The molecular formula is C82H160O17P2. The second-order valence-electron chi connectivity index (χ2n) is 30.0. The van der Waals surface area contributed by atoms with Crippen LogP contribution in [-0.2, 0) is 65.4 Å². The maximum Gasteiger partial charge on any atom is 0.472 e. The highest BCUT2D eigenvalue weighted by molar-refractivity contribution is 7.47. The van der Waals surface area contributed by atoms with E-state index in [9.17, 15) is 43.2 Å². The highest BCUT2D eigenvalue weighted by atomic mass is 31.2. The Hall–Kier alpha value is -1.94. The molecule has 0 aromatic carbocycles. The van der Waals surface area contributed by atoms with Gasteiger partial charge in [-0.25, -0.2) is 9.13 Å². The Balaban J connectivity index is 5.26. The van der Waals surface area contributed by atoms with Crippen LogP contribution in [0.1, 0.15) is 439 Å². The number of rotatable bonds is 82. The molecule has 0 bridgehead atoms. The molecule has 0 aromatic rings. The number of hydrogen-bond acceptors (Lipinski definition) is 15. The molecular weight excluding hydrogens is 1320 g/mol. The molecule has 3 N–H and O–H groups in total. The van der Waals surface area contributed by atoms with Crippen LogP contribution in [0.25, 0.3) is 0 Å². The summed E-state index contributed by atoms with van der Waals surface area (Å²) in [5.74, 6) is -1.33. The van der Waals surface area contributed by atoms with Gasteiger partial charge in [0, 0.05) is 25.7 Å². The number of aliphatic hydroxyl groups is 1. The van der Waals surface area contributed by atoms with Gasteiger partial charge in [-0.15, -0.1) is 0 Å². The highest BCUT2D eigenvalue weighted by Crippen LogP contribution is 2.45. The van der Waals surface area contributed by atoms with Gasteiger partial charge >= 0.3 is 39.5 Å². The molecule has 0 saturated heterocycles. The molecule has 0 saturated carbocycles. The first-order valence-corrected chi connectivity index (χ1v) is 45.6. The van der Waals surface area contributed by atoms with Crippen molar-refractivity contribution >= 4 is 39.5 Å². The first-order chi connectivity index (χ1) is 49.0. The molecule has 0 aliphatic carbocycles. The van der Waals surface area contributed by atoms with Crippen LogP contribution in [-0.4, -0.2) is 96.7 Å². The third kappa shape index (κ3) is 76.1. The molecule has 19 heteroatoms. The molecule has 0 radical (unpaired) electrons. The van der Waals surface area contributed by atoms with Crippen molar-refractivity contribution in [3.8, 4) is 0 Å². The lowest BCUT2D eigenvalue weighted by Crippen LogP contribution is -2.30. The number of phosphoric ester groups is 2. The first kappa shape index (κ1) is 99.1. The fraction of sp³-hybridized carbons (Fsp3) is 0.951. The van der Waals surface area contributed by atoms with Crippen LogP contribution in [0.5, 0.6) is 0 Å². The summed E-state index contributed by atoms with van der Waals surface area (Å²) in [5, 5.41) is 10.7. The lowest BCUT2D eigenvalue weighted by atomic mass is 10.0. The quantitative estimate of drug-likeness (QED) is 0.0222. The summed E-state index contributed by atoms with van der Waals surface area (Å²) in [6.45, 7) is 7.36. The second kappa shape index (κ2) is 74.9. The lowest BCUT2D eigenvalue weighted by Gasteiger charge is -2.21. The van der Waals surface area contributed by atoms with Gasteiger partial charge in [-0.3, -0.25) is 37.3 Å². The number of carbonyl (C=O) groups excluding carboxylic acids is 4. The minimum atomic E-state index is -4.96. The molecule has 0 rings (SSSR count). The number of unbranched alkanes of at least 4 members (excludes halogenated alkanes) is 54. The third-order valence-electron chi connectivity index (χ3n) is 19.3. The van der Waals surface area contributed by atoms with Gasteiger partial charge < -0.3 is 33.8 Å². The van der Waals surface area contributed by atoms with Crippen molar-refractivity contribution in [2.24, 2.45) is 5.92 Å². The minimum Gasteiger partial charge on any atom is -0.462 e. The predicted octanol–water partition coefficient (Wildman–Crippen LogP) is 24.8. The Labute approximate surface area is 619 Å². The standard InChI is InChI=1S/C82H160O17P2/c1-6-9-12-15-18-21-24-27-29-31-33-35-41-46-51-56-61-66-80(85)93-72-78(98-81(86)67-62-57-52-47-42-36-34-32-30-28-25-22-19-16-13-10-7-2)74-97-101(90,91)95-70-76(83)69-94-100(88,89)96-73-77(71-92-79(84)65-60-55-50-45-40-26-23-20-17-14-11-8-3)99-82(87)68-63-58-53-48-43-38-37-39-44-49-54-59-64-75(4)5/h75-78,83H,6-74H2,1-5H3,(H,88,89)(H,90,91)/t76-,77+,78+/m0/s1. The number of carbonyl (C=O) groups is 4. The lowest BCUT2D eigenvalue weighted by molar-refractivity contribution is -0.161. The highest BCUT2D eigenvalue weighted by Gasteiger charge is 2.30. The molecule has 17 nitrogen and oxygen atoms in total. The number of hydrogen-bond donors (Lipinski definition) is 3. The summed E-state index contributed by atoms with van der Waals surface area (Å²) in [6.07, 6.45) is 66.4. The van der Waals surface area contributed by atoms with Gasteiger partial charge in [0.05, 0.1) is 26.4 Å². The van der Waals surface area contributed by atoms with Gasteiger partial charge in [-0.1, -0.05) is 388 Å². The van der Waals surface area contributed by atoms with Crippen molar-refractivity contribution in [2.45, 2.75) is 457 Å². The zero-order valence-corrected chi connectivity index (χ0v) is 67.8. The average molecular weight is 1480 g/mol. The van der Waals surface area contributed by atoms with Crippen molar-refractivity contribution in [2.75, 3.05) is 39.6 Å². The summed E-state index contributed by atoms with van der Waals surface area (Å²) >= 11 is 0. The van der Waals surface area contributed by atoms with Gasteiger partial charge in [0.25, 0.3) is 0 Å². The van der Waals surface area contributed by atoms with Gasteiger partial charge in [-0.2, -0.15) is 0 Å². The SMILES string of the molecule is CCCCCCCCCCCCCCCCCCCC(=O)OC[C@H](COP(=O)(O)OC[C@@H](O)COP(=O)(O)OC[C@@H](COC(=O)CCCCCCCCCCCCCC)OC(=O)CCCCCCCCCCCCCCC(C)C)OC(=O)CCCCCCCCCCCCCCCCCCC. The number of aliphatic hydroxyl groups excluding tert-OH is 1. The van der Waals surface area contributed by atoms with Gasteiger partial charge in [0.15, 0.2) is 12.2 Å². The Bertz CT molecular complexity index is 1930. The van der Waals surface area contributed by atoms with E-state index in [4.69, 9.17) is 37.0 Å². The van der Waals surface area contributed by atoms with E-state index < -0.39 is 97.5 Å². The molecule has 0 amide bonds. The van der Waals surface area contributed by atoms with Gasteiger partial charge in [0.2, 0.25) is 0 Å². The summed E-state index contributed by atoms with van der Waals surface area (Å²) in [5.41, 5.74) is 0. The first-order valence-electron chi connectivity index (χ1n) is 42.6. The van der Waals surface area contributed by atoms with E-state index >= 15 is 0 Å². The Kier molecular flexibility index (Phi) is 73.5. The van der Waals surface area contributed by atoms with Crippen molar-refractivity contribution in [1.29, 1.82) is 0 Å². The van der Waals surface area contributed by atoms with Crippen LogP contribution in [0.3, 0.4) is 0 Å². The molecule has 0 heterocycles. The Morgan fingerprint density at radius 1 is 0.267 bits per heavy atom. The fourth-order valence-electron chi connectivity index (χ4n) is 12.8. The normalized spacial score (nSPS) is 13.8. The van der Waals surface area contributed by atoms with Crippen molar-refractivity contribution in [3.05, 3.63) is 0 Å². The fourth-order valence-corrected chi connectivity index (χ4v) is 14.3. The zero-order chi connectivity index (χ0) is 74.1. The van der Waals surface area contributed by atoms with E-state index in [1.54, 1.807) is 0 Å². The van der Waals surface area contributed by atoms with E-state index in [0.29, 0.717) is 25.7 Å². The zero-order valence-electron chi connectivity index (χ0n) is 66.1. The largest absolute Gasteiger partial charge is 0.472 e. The molecule has 0 spiro atoms. The molecule has 101 heavy (non-hydrogen) atoms. The van der Waals surface area contributed by atoms with Crippen LogP contribution in [0.15, 0.2) is 0 Å². The van der Waals surface area contributed by atoms with Gasteiger partial charge in [0.1, 0.15) is 19.3 Å². The van der Waals surface area contributed by atoms with E-state index in [0.717, 1.165) is 95.8 Å². The molecule has 0 aliphatic rings. The second-order valence-corrected chi connectivity index (χ2v) is 32.9. The third-order valence-corrected chi connectivity index (χ3v) is 21.2. The maximum atomic E-state index is 13.1. The van der Waals surface area contributed by atoms with E-state index in [1.165, 1.54) is 263 Å². The Morgan fingerprint density at radius 2 is 0.455 bits per heavy atom. The summed E-state index contributed by atoms with van der Waals surface area (Å²) in [4.78, 5) is 73.1. The van der Waals surface area contributed by atoms with Crippen LogP contribution < -0.4 is 0 Å². The number of ether oxygens (including phenoxy) is 4. The van der Waals surface area contributed by atoms with E-state index in [2.05, 4.69) is 34.6 Å². The monoisotopic (exact) mass is 1480 g/mol. The summed E-state index contributed by atoms with van der Waals surface area (Å²) < 4.78 is 68.8. The van der Waals surface area contributed by atoms with Crippen LogP contribution >= 0.6 is 15.6 Å². The van der Waals surface area contributed by atoms with Crippen LogP contribution in [0.4, 0.5) is 0 Å². The molecule has 0 aliphatic heterocycles.